The Labute approximate surface area is 111 Å². The highest BCUT2D eigenvalue weighted by Gasteiger charge is 2.20. The molecule has 0 aromatic carbocycles. The zero-order chi connectivity index (χ0) is 13.7. The quantitative estimate of drug-likeness (QED) is 0.839. The summed E-state index contributed by atoms with van der Waals surface area (Å²) < 4.78 is 0. The fourth-order valence-corrected chi connectivity index (χ4v) is 1.58. The summed E-state index contributed by atoms with van der Waals surface area (Å²) in [5, 5.41) is 2.72. The van der Waals surface area contributed by atoms with Crippen molar-refractivity contribution in [2.45, 2.75) is 19.9 Å². The zero-order valence-electron chi connectivity index (χ0n) is 10.6. The summed E-state index contributed by atoms with van der Waals surface area (Å²) in [6, 6.07) is 2.58. The molecule has 1 aromatic rings. The van der Waals surface area contributed by atoms with Crippen LogP contribution in [0.3, 0.4) is 0 Å². The molecule has 0 saturated heterocycles. The maximum Gasteiger partial charge on any atom is 0.255 e. The molecule has 1 heterocycles. The van der Waals surface area contributed by atoms with E-state index < -0.39 is 11.9 Å². The summed E-state index contributed by atoms with van der Waals surface area (Å²) in [6.07, 6.45) is 1.50. The summed E-state index contributed by atoms with van der Waals surface area (Å²) in [5.41, 5.74) is 0.262. The van der Waals surface area contributed by atoms with Crippen molar-refractivity contribution in [3.05, 3.63) is 29.0 Å². The molecule has 1 rings (SSSR count). The number of pyridine rings is 1. The topological polar surface area (TPSA) is 62.3 Å². The van der Waals surface area contributed by atoms with E-state index in [1.807, 2.05) is 6.92 Å². The average Bonchev–Trinajstić information content (AvgIpc) is 2.37. The Hall–Kier alpha value is -1.62. The number of carbonyl (C=O) groups is 2. The van der Waals surface area contributed by atoms with Crippen molar-refractivity contribution in [1.29, 1.82) is 0 Å². The lowest BCUT2D eigenvalue weighted by Gasteiger charge is -2.20. The molecule has 18 heavy (non-hydrogen) atoms. The number of nitrogens with one attached hydrogen (secondary N) is 1. The molecule has 0 radical (unpaired) electrons. The van der Waals surface area contributed by atoms with Gasteiger partial charge in [0.25, 0.3) is 5.91 Å². The van der Waals surface area contributed by atoms with Gasteiger partial charge < -0.3 is 10.2 Å². The highest BCUT2D eigenvalue weighted by atomic mass is 35.5. The number of carbonyl (C=O) groups excluding carboxylic acids is 2. The third-order valence-electron chi connectivity index (χ3n) is 2.57. The van der Waals surface area contributed by atoms with Gasteiger partial charge in [0.2, 0.25) is 5.91 Å². The highest BCUT2D eigenvalue weighted by Crippen LogP contribution is 2.11. The lowest BCUT2D eigenvalue weighted by Crippen LogP contribution is -2.45. The van der Waals surface area contributed by atoms with Crippen LogP contribution >= 0.6 is 11.6 Å². The molecular formula is C12H16ClN3O2. The summed E-state index contributed by atoms with van der Waals surface area (Å²) in [6.45, 7) is 4.09. The molecule has 2 amide bonds. The second-order valence-corrected chi connectivity index (χ2v) is 4.25. The van der Waals surface area contributed by atoms with Crippen molar-refractivity contribution in [3.8, 4) is 0 Å². The minimum absolute atomic E-state index is 0.124. The van der Waals surface area contributed by atoms with E-state index in [1.165, 1.54) is 11.1 Å². The summed E-state index contributed by atoms with van der Waals surface area (Å²) in [4.78, 5) is 29.0. The predicted molar refractivity (Wildman–Crippen MR) is 69.5 cm³/mol. The maximum atomic E-state index is 11.9. The Kier molecular flexibility index (Phi) is 5.09. The summed E-state index contributed by atoms with van der Waals surface area (Å²) in [7, 11) is 1.68. The summed E-state index contributed by atoms with van der Waals surface area (Å²) >= 11 is 5.80. The van der Waals surface area contributed by atoms with Gasteiger partial charge in [0.15, 0.2) is 0 Å². The van der Waals surface area contributed by atoms with Crippen LogP contribution in [0.15, 0.2) is 18.3 Å². The van der Waals surface area contributed by atoms with Crippen LogP contribution in [0.4, 0.5) is 0 Å². The third kappa shape index (κ3) is 3.43. The van der Waals surface area contributed by atoms with Gasteiger partial charge in [-0.05, 0) is 26.0 Å². The van der Waals surface area contributed by atoms with Crippen molar-refractivity contribution in [2.75, 3.05) is 13.6 Å². The van der Waals surface area contributed by atoms with E-state index in [0.29, 0.717) is 6.54 Å². The van der Waals surface area contributed by atoms with E-state index >= 15 is 0 Å². The largest absolute Gasteiger partial charge is 0.344 e. The normalized spacial score (nSPS) is 11.8. The van der Waals surface area contributed by atoms with E-state index in [1.54, 1.807) is 26.1 Å². The van der Waals surface area contributed by atoms with Gasteiger partial charge in [0, 0.05) is 19.8 Å². The van der Waals surface area contributed by atoms with Gasteiger partial charge in [-0.25, -0.2) is 4.98 Å². The minimum Gasteiger partial charge on any atom is -0.344 e. The van der Waals surface area contributed by atoms with E-state index in [2.05, 4.69) is 10.3 Å². The molecule has 5 nitrogen and oxygen atoms in total. The maximum absolute atomic E-state index is 11.9. The fraction of sp³-hybridized carbons (Fsp3) is 0.417. The molecule has 0 fully saturated rings. The van der Waals surface area contributed by atoms with Gasteiger partial charge in [-0.3, -0.25) is 9.59 Å². The number of nitrogens with zero attached hydrogens (tertiary/aromatic N) is 2. The predicted octanol–water partition coefficient (Wildman–Crippen LogP) is 1.33. The van der Waals surface area contributed by atoms with Crippen molar-refractivity contribution >= 4 is 23.4 Å². The van der Waals surface area contributed by atoms with E-state index in [4.69, 9.17) is 11.6 Å². The van der Waals surface area contributed by atoms with Gasteiger partial charge in [-0.15, -0.1) is 0 Å². The van der Waals surface area contributed by atoms with Crippen LogP contribution in [-0.4, -0.2) is 41.3 Å². The Balaban J connectivity index is 2.71. The number of amides is 2. The van der Waals surface area contributed by atoms with Crippen LogP contribution in [-0.2, 0) is 4.79 Å². The van der Waals surface area contributed by atoms with Crippen LogP contribution in [0.5, 0.6) is 0 Å². The van der Waals surface area contributed by atoms with Crippen LogP contribution in [0.2, 0.25) is 5.15 Å². The average molecular weight is 270 g/mol. The van der Waals surface area contributed by atoms with Crippen LogP contribution in [0.25, 0.3) is 0 Å². The van der Waals surface area contributed by atoms with Gasteiger partial charge >= 0.3 is 0 Å². The van der Waals surface area contributed by atoms with Crippen molar-refractivity contribution in [2.24, 2.45) is 0 Å². The first kappa shape index (κ1) is 14.4. The second kappa shape index (κ2) is 6.35. The number of aromatic nitrogens is 1. The molecular weight excluding hydrogens is 254 g/mol. The van der Waals surface area contributed by atoms with Gasteiger partial charge in [0.1, 0.15) is 11.2 Å². The second-order valence-electron chi connectivity index (χ2n) is 3.89. The Morgan fingerprint density at radius 1 is 1.56 bits per heavy atom. The van der Waals surface area contributed by atoms with E-state index in [0.717, 1.165) is 0 Å². The number of rotatable bonds is 4. The highest BCUT2D eigenvalue weighted by molar-refractivity contribution is 6.32. The number of halogens is 1. The van der Waals surface area contributed by atoms with Gasteiger partial charge in [0.05, 0.1) is 5.56 Å². The van der Waals surface area contributed by atoms with Crippen LogP contribution < -0.4 is 5.32 Å². The Morgan fingerprint density at radius 2 is 2.22 bits per heavy atom. The van der Waals surface area contributed by atoms with E-state index in [9.17, 15) is 9.59 Å². The molecule has 0 aliphatic heterocycles. The van der Waals surface area contributed by atoms with Gasteiger partial charge in [-0.2, -0.15) is 0 Å². The molecule has 1 N–H and O–H groups in total. The zero-order valence-corrected chi connectivity index (χ0v) is 11.4. The molecule has 0 aliphatic carbocycles. The van der Waals surface area contributed by atoms with Gasteiger partial charge in [-0.1, -0.05) is 11.6 Å². The Bertz CT molecular complexity index is 451. The first-order valence-corrected chi connectivity index (χ1v) is 6.01. The van der Waals surface area contributed by atoms with Crippen LogP contribution in [0.1, 0.15) is 24.2 Å². The molecule has 0 bridgehead atoms. The lowest BCUT2D eigenvalue weighted by molar-refractivity contribution is -0.131. The van der Waals surface area contributed by atoms with Crippen molar-refractivity contribution in [3.63, 3.8) is 0 Å². The first-order valence-electron chi connectivity index (χ1n) is 5.63. The standard InChI is InChI=1S/C12H16ClN3O2/c1-4-16(3)12(18)8(2)15-11(17)9-6-5-7-14-10(9)13/h5-8H,4H2,1-3H3,(H,15,17). The lowest BCUT2D eigenvalue weighted by atomic mass is 10.2. The van der Waals surface area contributed by atoms with Crippen molar-refractivity contribution < 1.29 is 9.59 Å². The van der Waals surface area contributed by atoms with Crippen molar-refractivity contribution in [1.82, 2.24) is 15.2 Å². The molecule has 1 aromatic heterocycles. The first-order chi connectivity index (χ1) is 8.47. The molecule has 1 atom stereocenters. The number of hydrogen-bond acceptors (Lipinski definition) is 3. The molecule has 1 unspecified atom stereocenters. The molecule has 0 aliphatic rings. The number of hydrogen-bond donors (Lipinski definition) is 1. The van der Waals surface area contributed by atoms with E-state index in [-0.39, 0.29) is 16.6 Å². The molecule has 98 valence electrons. The summed E-state index contributed by atoms with van der Waals surface area (Å²) in [5.74, 6) is -0.552. The minimum atomic E-state index is -0.598. The fourth-order valence-electron chi connectivity index (χ4n) is 1.38. The molecule has 0 saturated carbocycles. The third-order valence-corrected chi connectivity index (χ3v) is 2.87. The number of likely N-dealkylation sites (N-methyl/N-ethyl adjacent to an activating group) is 1. The molecule has 6 heteroatoms. The Morgan fingerprint density at radius 3 is 2.78 bits per heavy atom. The smallest absolute Gasteiger partial charge is 0.255 e. The monoisotopic (exact) mass is 269 g/mol. The molecule has 0 spiro atoms. The van der Waals surface area contributed by atoms with Crippen LogP contribution in [0, 0.1) is 0 Å². The SMILES string of the molecule is CCN(C)C(=O)C(C)NC(=O)c1cccnc1Cl.